The van der Waals surface area contributed by atoms with E-state index in [2.05, 4.69) is 10.1 Å². The zero-order valence-electron chi connectivity index (χ0n) is 11.0. The summed E-state index contributed by atoms with van der Waals surface area (Å²) < 4.78 is 9.83. The van der Waals surface area contributed by atoms with E-state index in [0.29, 0.717) is 5.92 Å². The van der Waals surface area contributed by atoms with Gasteiger partial charge in [-0.05, 0) is 39.5 Å². The van der Waals surface area contributed by atoms with Crippen molar-refractivity contribution in [1.29, 1.82) is 0 Å². The molecule has 1 saturated carbocycles. The second-order valence-electron chi connectivity index (χ2n) is 5.42. The third kappa shape index (κ3) is 6.10. The van der Waals surface area contributed by atoms with Crippen molar-refractivity contribution in [3.63, 3.8) is 0 Å². The van der Waals surface area contributed by atoms with E-state index in [1.165, 1.54) is 0 Å². The van der Waals surface area contributed by atoms with Crippen molar-refractivity contribution in [2.24, 2.45) is 5.92 Å². The van der Waals surface area contributed by atoms with Crippen LogP contribution in [0.3, 0.4) is 0 Å². The van der Waals surface area contributed by atoms with Crippen LogP contribution in [0.2, 0.25) is 0 Å². The third-order valence-corrected chi connectivity index (χ3v) is 2.60. The van der Waals surface area contributed by atoms with Crippen LogP contribution in [-0.4, -0.2) is 29.8 Å². The largest absolute Gasteiger partial charge is 0.449 e. The zero-order valence-corrected chi connectivity index (χ0v) is 11.8. The number of alkyl halides is 1. The summed E-state index contributed by atoms with van der Waals surface area (Å²) >= 11 is 5.31. The van der Waals surface area contributed by atoms with Crippen molar-refractivity contribution in [3.05, 3.63) is 0 Å². The minimum absolute atomic E-state index is 0.136. The Kier molecular flexibility index (Phi) is 5.26. The third-order valence-electron chi connectivity index (χ3n) is 2.50. The van der Waals surface area contributed by atoms with E-state index in [1.807, 2.05) is 0 Å². The molecule has 104 valence electrons. The minimum Gasteiger partial charge on any atom is -0.449 e. The number of rotatable bonds is 5. The molecule has 5 nitrogen and oxygen atoms in total. The number of hydrogen-bond acceptors (Lipinski definition) is 4. The monoisotopic (exact) mass is 277 g/mol. The molecule has 1 aliphatic carbocycles. The van der Waals surface area contributed by atoms with Crippen LogP contribution in [0.1, 0.15) is 40.0 Å². The van der Waals surface area contributed by atoms with E-state index in [1.54, 1.807) is 20.8 Å². The minimum atomic E-state index is -0.547. The first-order valence-electron chi connectivity index (χ1n) is 6.03. The van der Waals surface area contributed by atoms with Crippen molar-refractivity contribution in [1.82, 2.24) is 5.32 Å². The number of halogens is 1. The van der Waals surface area contributed by atoms with Gasteiger partial charge < -0.3 is 14.8 Å². The highest BCUT2D eigenvalue weighted by atomic mass is 35.5. The molecule has 0 aliphatic heterocycles. The molecule has 1 amide bonds. The number of carbonyl (C=O) groups is 2. The molecule has 1 aliphatic rings. The van der Waals surface area contributed by atoms with Gasteiger partial charge in [-0.2, -0.15) is 0 Å². The number of hydrogen-bond donors (Lipinski definition) is 1. The molecular formula is C12H20ClNO4. The van der Waals surface area contributed by atoms with E-state index >= 15 is 0 Å². The molecule has 1 atom stereocenters. The lowest BCUT2D eigenvalue weighted by atomic mass is 10.1. The van der Waals surface area contributed by atoms with Gasteiger partial charge in [0.1, 0.15) is 5.60 Å². The number of alkyl carbamates (subject to hydrolysis) is 1. The lowest BCUT2D eigenvalue weighted by molar-refractivity contribution is -0.142. The van der Waals surface area contributed by atoms with Crippen molar-refractivity contribution >= 4 is 23.7 Å². The van der Waals surface area contributed by atoms with Crippen molar-refractivity contribution in [2.75, 3.05) is 6.07 Å². The molecule has 18 heavy (non-hydrogen) atoms. The Morgan fingerprint density at radius 1 is 1.39 bits per heavy atom. The number of ether oxygens (including phenoxy) is 2. The fourth-order valence-corrected chi connectivity index (χ4v) is 1.71. The maximum absolute atomic E-state index is 11.6. The Morgan fingerprint density at radius 3 is 2.44 bits per heavy atom. The lowest BCUT2D eigenvalue weighted by Gasteiger charge is -2.23. The second-order valence-corrected chi connectivity index (χ2v) is 5.64. The molecule has 0 aromatic rings. The standard InChI is InChI=1S/C12H20ClNO4/c1-12(2,3)18-11(16)14-9(8-4-5-8)6-10(15)17-7-13/h8-9H,4-7H2,1-3H3,(H,14,16). The maximum Gasteiger partial charge on any atom is 0.407 e. The molecule has 1 fully saturated rings. The highest BCUT2D eigenvalue weighted by Gasteiger charge is 2.35. The van der Waals surface area contributed by atoms with E-state index in [-0.39, 0.29) is 18.5 Å². The van der Waals surface area contributed by atoms with Gasteiger partial charge in [-0.3, -0.25) is 4.79 Å². The number of carbonyl (C=O) groups excluding carboxylic acids is 2. The molecule has 0 heterocycles. The molecule has 0 saturated heterocycles. The average Bonchev–Trinajstić information content (AvgIpc) is 2.96. The molecule has 1 rings (SSSR count). The molecule has 6 heteroatoms. The van der Waals surface area contributed by atoms with Crippen LogP contribution in [0.25, 0.3) is 0 Å². The Morgan fingerprint density at radius 2 is 2.00 bits per heavy atom. The summed E-state index contributed by atoms with van der Waals surface area (Å²) in [5.74, 6) is -0.0710. The highest BCUT2D eigenvalue weighted by molar-refractivity contribution is 6.17. The Bertz CT molecular complexity index is 310. The van der Waals surface area contributed by atoms with E-state index < -0.39 is 17.7 Å². The first-order valence-corrected chi connectivity index (χ1v) is 6.56. The number of esters is 1. The quantitative estimate of drug-likeness (QED) is 0.619. The van der Waals surface area contributed by atoms with Gasteiger partial charge in [0.15, 0.2) is 6.07 Å². The molecular weight excluding hydrogens is 258 g/mol. The van der Waals surface area contributed by atoms with Crippen LogP contribution < -0.4 is 5.32 Å². The highest BCUT2D eigenvalue weighted by Crippen LogP contribution is 2.34. The fraction of sp³-hybridized carbons (Fsp3) is 0.833. The SMILES string of the molecule is CC(C)(C)OC(=O)NC(CC(=O)OCCl)C1CC1. The van der Waals surface area contributed by atoms with Gasteiger partial charge in [-0.1, -0.05) is 11.6 Å². The van der Waals surface area contributed by atoms with Crippen LogP contribution in [-0.2, 0) is 14.3 Å². The van der Waals surface area contributed by atoms with Crippen LogP contribution in [0.15, 0.2) is 0 Å². The zero-order chi connectivity index (χ0) is 13.8. The lowest BCUT2D eigenvalue weighted by Crippen LogP contribution is -2.41. The first-order chi connectivity index (χ1) is 8.31. The molecule has 0 bridgehead atoms. The summed E-state index contributed by atoms with van der Waals surface area (Å²) in [6.45, 7) is 5.38. The summed E-state index contributed by atoms with van der Waals surface area (Å²) in [4.78, 5) is 23.0. The maximum atomic E-state index is 11.6. The predicted molar refractivity (Wildman–Crippen MR) is 67.3 cm³/mol. The van der Waals surface area contributed by atoms with E-state index in [0.717, 1.165) is 12.8 Å². The molecule has 0 spiro atoms. The number of amides is 1. The summed E-state index contributed by atoms with van der Waals surface area (Å²) in [6.07, 6.45) is 1.65. The van der Waals surface area contributed by atoms with Gasteiger partial charge in [-0.15, -0.1) is 0 Å². The van der Waals surface area contributed by atoms with Crippen LogP contribution >= 0.6 is 11.6 Å². The summed E-state index contributed by atoms with van der Waals surface area (Å²) in [6, 6.07) is -0.390. The summed E-state index contributed by atoms with van der Waals surface area (Å²) in [5, 5.41) is 2.72. The van der Waals surface area contributed by atoms with Crippen LogP contribution in [0.4, 0.5) is 4.79 Å². The smallest absolute Gasteiger partial charge is 0.407 e. The van der Waals surface area contributed by atoms with E-state index in [4.69, 9.17) is 16.3 Å². The van der Waals surface area contributed by atoms with Gasteiger partial charge in [0.2, 0.25) is 0 Å². The Hall–Kier alpha value is -0.970. The van der Waals surface area contributed by atoms with Crippen molar-refractivity contribution < 1.29 is 19.1 Å². The van der Waals surface area contributed by atoms with Crippen LogP contribution in [0, 0.1) is 5.92 Å². The molecule has 0 aromatic heterocycles. The average molecular weight is 278 g/mol. The normalized spacial score (nSPS) is 16.9. The Balaban J connectivity index is 2.43. The molecule has 0 radical (unpaired) electrons. The number of nitrogens with one attached hydrogen (secondary N) is 1. The summed E-state index contributed by atoms with van der Waals surface area (Å²) in [5.41, 5.74) is -0.547. The second kappa shape index (κ2) is 6.27. The van der Waals surface area contributed by atoms with Gasteiger partial charge >= 0.3 is 12.1 Å². The summed E-state index contributed by atoms with van der Waals surface area (Å²) in [7, 11) is 0. The molecule has 1 unspecified atom stereocenters. The van der Waals surface area contributed by atoms with Gasteiger partial charge in [0.05, 0.1) is 6.42 Å². The van der Waals surface area contributed by atoms with Gasteiger partial charge in [0, 0.05) is 6.04 Å². The van der Waals surface area contributed by atoms with Gasteiger partial charge in [-0.25, -0.2) is 4.79 Å². The van der Waals surface area contributed by atoms with Crippen molar-refractivity contribution in [2.45, 2.75) is 51.7 Å². The topological polar surface area (TPSA) is 64.6 Å². The predicted octanol–water partition coefficient (Wildman–Crippen LogP) is 2.42. The van der Waals surface area contributed by atoms with Crippen LogP contribution in [0.5, 0.6) is 0 Å². The molecule has 0 aromatic carbocycles. The fourth-order valence-electron chi connectivity index (χ4n) is 1.59. The van der Waals surface area contributed by atoms with Crippen molar-refractivity contribution in [3.8, 4) is 0 Å². The first kappa shape index (κ1) is 15.1. The molecule has 1 N–H and O–H groups in total. The van der Waals surface area contributed by atoms with Gasteiger partial charge in [0.25, 0.3) is 0 Å². The Labute approximate surface area is 112 Å². The van der Waals surface area contributed by atoms with E-state index in [9.17, 15) is 9.59 Å².